The van der Waals surface area contributed by atoms with E-state index in [4.69, 9.17) is 0 Å². The number of alkyl halides is 3. The Morgan fingerprint density at radius 2 is 2.06 bits per heavy atom. The number of hydrogen-bond donors (Lipinski definition) is 1. The maximum Gasteiger partial charge on any atom is 0.416 e. The molecule has 0 bridgehead atoms. The van der Waals surface area contributed by atoms with Crippen LogP contribution in [0.1, 0.15) is 17.5 Å². The van der Waals surface area contributed by atoms with Gasteiger partial charge in [-0.2, -0.15) is 13.2 Å². The summed E-state index contributed by atoms with van der Waals surface area (Å²) in [6, 6.07) is 2.70. The van der Waals surface area contributed by atoms with Crippen molar-refractivity contribution < 1.29 is 22.7 Å². The molecule has 1 heterocycles. The van der Waals surface area contributed by atoms with Crippen LogP contribution < -0.4 is 0 Å². The van der Waals surface area contributed by atoms with Gasteiger partial charge in [0.05, 0.1) is 11.7 Å². The molecule has 1 atom stereocenters. The normalized spacial score (nSPS) is 21.5. The molecule has 1 aromatic carbocycles. The second-order valence-electron chi connectivity index (χ2n) is 4.48. The minimum atomic E-state index is -4.56. The third-order valence-electron chi connectivity index (χ3n) is 3.02. The second kappa shape index (κ2) is 4.85. The fourth-order valence-corrected chi connectivity index (χ4v) is 2.15. The summed E-state index contributed by atoms with van der Waals surface area (Å²) in [6.07, 6.45) is -4.49. The highest BCUT2D eigenvalue weighted by Gasteiger charge is 2.34. The van der Waals surface area contributed by atoms with Crippen LogP contribution in [0.3, 0.4) is 0 Å². The maximum absolute atomic E-state index is 12.9. The summed E-state index contributed by atoms with van der Waals surface area (Å²) in [6.45, 7) is 0.983. The number of halogens is 4. The standard InChI is InChI=1S/C12H13F4NO/c13-9-2-1-8(11(5-9)12(14,15)16)6-17-4-3-10(18)7-17/h1-2,5,10,18H,3-4,6-7H2/t10-/m1/s1. The van der Waals surface area contributed by atoms with Gasteiger partial charge in [0, 0.05) is 19.6 Å². The quantitative estimate of drug-likeness (QED) is 0.828. The summed E-state index contributed by atoms with van der Waals surface area (Å²) in [5.74, 6) is -0.896. The smallest absolute Gasteiger partial charge is 0.392 e. The molecule has 1 N–H and O–H groups in total. The number of rotatable bonds is 2. The Balaban J connectivity index is 2.22. The van der Waals surface area contributed by atoms with Crippen LogP contribution in [0.4, 0.5) is 17.6 Å². The zero-order valence-corrected chi connectivity index (χ0v) is 9.54. The van der Waals surface area contributed by atoms with Crippen LogP contribution in [0, 0.1) is 5.82 Å². The van der Waals surface area contributed by atoms with Crippen LogP contribution in [0.15, 0.2) is 18.2 Å². The highest BCUT2D eigenvalue weighted by molar-refractivity contribution is 5.30. The molecule has 0 aromatic heterocycles. The zero-order valence-electron chi connectivity index (χ0n) is 9.54. The molecule has 0 amide bonds. The van der Waals surface area contributed by atoms with Crippen molar-refractivity contribution in [2.75, 3.05) is 13.1 Å². The number of nitrogens with zero attached hydrogens (tertiary/aromatic N) is 1. The SMILES string of the molecule is O[C@@H]1CCN(Cc2ccc(F)cc2C(F)(F)F)C1. The first-order valence-corrected chi connectivity index (χ1v) is 5.62. The Kier molecular flexibility index (Phi) is 3.59. The predicted octanol–water partition coefficient (Wildman–Crippen LogP) is 2.41. The van der Waals surface area contributed by atoms with Gasteiger partial charge in [0.15, 0.2) is 0 Å². The molecule has 1 aliphatic rings. The second-order valence-corrected chi connectivity index (χ2v) is 4.48. The number of β-amino-alcohol motifs (C(OH)–C–C–N with tert-alkyl or cyclic N) is 1. The molecule has 0 radical (unpaired) electrons. The average molecular weight is 263 g/mol. The van der Waals surface area contributed by atoms with E-state index in [1.807, 2.05) is 0 Å². The van der Waals surface area contributed by atoms with E-state index in [-0.39, 0.29) is 12.1 Å². The van der Waals surface area contributed by atoms with E-state index < -0.39 is 23.7 Å². The van der Waals surface area contributed by atoms with Crippen molar-refractivity contribution in [3.8, 4) is 0 Å². The third kappa shape index (κ3) is 3.00. The summed E-state index contributed by atoms with van der Waals surface area (Å²) in [7, 11) is 0. The summed E-state index contributed by atoms with van der Waals surface area (Å²) in [5.41, 5.74) is -0.901. The van der Waals surface area contributed by atoms with E-state index in [0.717, 1.165) is 12.1 Å². The Morgan fingerprint density at radius 1 is 1.33 bits per heavy atom. The molecule has 2 nitrogen and oxygen atoms in total. The van der Waals surface area contributed by atoms with Gasteiger partial charge < -0.3 is 5.11 Å². The fraction of sp³-hybridized carbons (Fsp3) is 0.500. The largest absolute Gasteiger partial charge is 0.416 e. The molecule has 1 saturated heterocycles. The van der Waals surface area contributed by atoms with Gasteiger partial charge in [0.25, 0.3) is 0 Å². The lowest BCUT2D eigenvalue weighted by atomic mass is 10.1. The van der Waals surface area contributed by atoms with Crippen LogP contribution in [0.5, 0.6) is 0 Å². The average Bonchev–Trinajstić information content (AvgIpc) is 2.65. The van der Waals surface area contributed by atoms with Crippen molar-refractivity contribution in [1.29, 1.82) is 0 Å². The van der Waals surface area contributed by atoms with E-state index in [0.29, 0.717) is 25.6 Å². The lowest BCUT2D eigenvalue weighted by Gasteiger charge is -2.19. The van der Waals surface area contributed by atoms with E-state index in [9.17, 15) is 22.7 Å². The van der Waals surface area contributed by atoms with Crippen LogP contribution in [-0.4, -0.2) is 29.2 Å². The van der Waals surface area contributed by atoms with Gasteiger partial charge >= 0.3 is 6.18 Å². The molecular weight excluding hydrogens is 250 g/mol. The van der Waals surface area contributed by atoms with Crippen LogP contribution in [0.2, 0.25) is 0 Å². The molecule has 6 heteroatoms. The van der Waals surface area contributed by atoms with Crippen molar-refractivity contribution >= 4 is 0 Å². The Hall–Kier alpha value is -1.14. The lowest BCUT2D eigenvalue weighted by Crippen LogP contribution is -2.23. The Labute approximate surface area is 102 Å². The van der Waals surface area contributed by atoms with Gasteiger partial charge in [-0.15, -0.1) is 0 Å². The molecule has 18 heavy (non-hydrogen) atoms. The molecule has 0 unspecified atom stereocenters. The van der Waals surface area contributed by atoms with Gasteiger partial charge in [0.1, 0.15) is 5.82 Å². The van der Waals surface area contributed by atoms with Crippen molar-refractivity contribution in [2.24, 2.45) is 0 Å². The topological polar surface area (TPSA) is 23.5 Å². The number of benzene rings is 1. The minimum Gasteiger partial charge on any atom is -0.392 e. The van der Waals surface area contributed by atoms with Crippen LogP contribution >= 0.6 is 0 Å². The van der Waals surface area contributed by atoms with Gasteiger partial charge in [0.2, 0.25) is 0 Å². The summed E-state index contributed by atoms with van der Waals surface area (Å²) in [4.78, 5) is 1.73. The highest BCUT2D eigenvalue weighted by atomic mass is 19.4. The molecule has 1 fully saturated rings. The lowest BCUT2D eigenvalue weighted by molar-refractivity contribution is -0.138. The molecule has 0 spiro atoms. The van der Waals surface area contributed by atoms with Crippen molar-refractivity contribution in [3.63, 3.8) is 0 Å². The van der Waals surface area contributed by atoms with E-state index in [1.54, 1.807) is 4.90 Å². The zero-order chi connectivity index (χ0) is 13.3. The number of aliphatic hydroxyl groups is 1. The van der Waals surface area contributed by atoms with Crippen molar-refractivity contribution in [3.05, 3.63) is 35.1 Å². The fourth-order valence-electron chi connectivity index (χ4n) is 2.15. The highest BCUT2D eigenvalue weighted by Crippen LogP contribution is 2.33. The first-order chi connectivity index (χ1) is 8.36. The van der Waals surface area contributed by atoms with Gasteiger partial charge in [-0.1, -0.05) is 6.07 Å². The van der Waals surface area contributed by atoms with Crippen LogP contribution in [-0.2, 0) is 12.7 Å². The first-order valence-electron chi connectivity index (χ1n) is 5.62. The molecule has 100 valence electrons. The predicted molar refractivity (Wildman–Crippen MR) is 57.3 cm³/mol. The molecular formula is C12H13F4NO. The molecule has 1 aliphatic heterocycles. The monoisotopic (exact) mass is 263 g/mol. The minimum absolute atomic E-state index is 0.0398. The first kappa shape index (κ1) is 13.3. The maximum atomic E-state index is 12.9. The Bertz CT molecular complexity index is 433. The molecule has 0 saturated carbocycles. The van der Waals surface area contributed by atoms with Crippen molar-refractivity contribution in [2.45, 2.75) is 25.2 Å². The van der Waals surface area contributed by atoms with Crippen molar-refractivity contribution in [1.82, 2.24) is 4.90 Å². The van der Waals surface area contributed by atoms with E-state index in [1.165, 1.54) is 0 Å². The van der Waals surface area contributed by atoms with E-state index >= 15 is 0 Å². The van der Waals surface area contributed by atoms with Gasteiger partial charge in [-0.25, -0.2) is 4.39 Å². The molecule has 0 aliphatic carbocycles. The van der Waals surface area contributed by atoms with Gasteiger partial charge in [-0.3, -0.25) is 4.90 Å². The van der Waals surface area contributed by atoms with Crippen LogP contribution in [0.25, 0.3) is 0 Å². The summed E-state index contributed by atoms with van der Waals surface area (Å²) < 4.78 is 51.1. The van der Waals surface area contributed by atoms with Gasteiger partial charge in [-0.05, 0) is 24.1 Å². The summed E-state index contributed by atoms with van der Waals surface area (Å²) in [5, 5.41) is 9.33. The number of likely N-dealkylation sites (tertiary alicyclic amines) is 1. The third-order valence-corrected chi connectivity index (χ3v) is 3.02. The number of hydrogen-bond acceptors (Lipinski definition) is 2. The summed E-state index contributed by atoms with van der Waals surface area (Å²) >= 11 is 0. The molecule has 2 rings (SSSR count). The number of aliphatic hydroxyl groups excluding tert-OH is 1. The Morgan fingerprint density at radius 3 is 2.61 bits per heavy atom. The molecule has 1 aromatic rings. The van der Waals surface area contributed by atoms with E-state index in [2.05, 4.69) is 0 Å².